The van der Waals surface area contributed by atoms with Gasteiger partial charge in [0.25, 0.3) is 11.8 Å². The maximum atomic E-state index is 12.5. The zero-order valence-corrected chi connectivity index (χ0v) is 16.0. The third-order valence-electron chi connectivity index (χ3n) is 3.99. The monoisotopic (exact) mass is 388 g/mol. The summed E-state index contributed by atoms with van der Waals surface area (Å²) in [6.45, 7) is 3.35. The second-order valence-corrected chi connectivity index (χ2v) is 6.47. The molecule has 1 aromatic heterocycles. The quantitative estimate of drug-likeness (QED) is 0.618. The van der Waals surface area contributed by atoms with Crippen molar-refractivity contribution in [3.05, 3.63) is 83.7 Å². The standard InChI is InChI=1S/C22H20N4O3/c1-14-4-3-5-19(12-14)26-22(29)20-13-16(10-11-23-20)21(28)25-18-8-6-17(7-9-18)24-15(2)27/h3-13H,1-2H3,(H,24,27)(H,25,28)(H,26,29). The Labute approximate surface area is 168 Å². The molecule has 2 aromatic carbocycles. The van der Waals surface area contributed by atoms with Crippen molar-refractivity contribution in [3.8, 4) is 0 Å². The first-order chi connectivity index (χ1) is 13.9. The first-order valence-corrected chi connectivity index (χ1v) is 8.94. The highest BCUT2D eigenvalue weighted by molar-refractivity contribution is 6.08. The van der Waals surface area contributed by atoms with Crippen LogP contribution in [0, 0.1) is 6.92 Å². The minimum Gasteiger partial charge on any atom is -0.326 e. The Morgan fingerprint density at radius 3 is 2.07 bits per heavy atom. The molecule has 0 fully saturated rings. The van der Waals surface area contributed by atoms with Crippen LogP contribution in [0.4, 0.5) is 17.1 Å². The number of carbonyl (C=O) groups is 3. The van der Waals surface area contributed by atoms with Crippen LogP contribution >= 0.6 is 0 Å². The van der Waals surface area contributed by atoms with Crippen LogP contribution in [0.3, 0.4) is 0 Å². The highest BCUT2D eigenvalue weighted by atomic mass is 16.2. The van der Waals surface area contributed by atoms with E-state index in [0.29, 0.717) is 22.6 Å². The minimum atomic E-state index is -0.398. The number of amides is 3. The van der Waals surface area contributed by atoms with Gasteiger partial charge in [-0.3, -0.25) is 19.4 Å². The largest absolute Gasteiger partial charge is 0.326 e. The molecule has 0 bridgehead atoms. The van der Waals surface area contributed by atoms with Crippen molar-refractivity contribution in [2.75, 3.05) is 16.0 Å². The van der Waals surface area contributed by atoms with Gasteiger partial charge in [0.2, 0.25) is 5.91 Å². The predicted octanol–water partition coefficient (Wildman–Crippen LogP) is 3.85. The normalized spacial score (nSPS) is 10.1. The van der Waals surface area contributed by atoms with Gasteiger partial charge in [-0.1, -0.05) is 12.1 Å². The fourth-order valence-electron chi connectivity index (χ4n) is 2.66. The molecule has 0 spiro atoms. The summed E-state index contributed by atoms with van der Waals surface area (Å²) in [7, 11) is 0. The summed E-state index contributed by atoms with van der Waals surface area (Å²) in [6.07, 6.45) is 1.42. The number of pyridine rings is 1. The van der Waals surface area contributed by atoms with Crippen molar-refractivity contribution in [1.82, 2.24) is 4.98 Å². The van der Waals surface area contributed by atoms with E-state index in [-0.39, 0.29) is 17.5 Å². The number of nitrogens with zero attached hydrogens (tertiary/aromatic N) is 1. The van der Waals surface area contributed by atoms with Gasteiger partial charge in [0.05, 0.1) is 0 Å². The Balaban J connectivity index is 1.68. The molecule has 0 aliphatic heterocycles. The summed E-state index contributed by atoms with van der Waals surface area (Å²) < 4.78 is 0. The highest BCUT2D eigenvalue weighted by Crippen LogP contribution is 2.15. The molecular formula is C22H20N4O3. The van der Waals surface area contributed by atoms with Crippen LogP contribution in [0.15, 0.2) is 66.9 Å². The fraction of sp³-hybridized carbons (Fsp3) is 0.0909. The van der Waals surface area contributed by atoms with E-state index >= 15 is 0 Å². The molecule has 0 unspecified atom stereocenters. The molecule has 0 saturated carbocycles. The Bertz CT molecular complexity index is 1060. The molecule has 1 heterocycles. The first kappa shape index (κ1) is 19.8. The Morgan fingerprint density at radius 1 is 0.759 bits per heavy atom. The van der Waals surface area contributed by atoms with Gasteiger partial charge in [-0.2, -0.15) is 0 Å². The molecule has 3 rings (SSSR count). The topological polar surface area (TPSA) is 100 Å². The van der Waals surface area contributed by atoms with E-state index in [1.807, 2.05) is 25.1 Å². The number of hydrogen-bond acceptors (Lipinski definition) is 4. The van der Waals surface area contributed by atoms with Gasteiger partial charge >= 0.3 is 0 Å². The van der Waals surface area contributed by atoms with Gasteiger partial charge in [0.15, 0.2) is 0 Å². The van der Waals surface area contributed by atoms with E-state index in [0.717, 1.165) is 5.56 Å². The molecule has 3 amide bonds. The molecule has 3 N–H and O–H groups in total. The maximum Gasteiger partial charge on any atom is 0.274 e. The number of aromatic nitrogens is 1. The summed E-state index contributed by atoms with van der Waals surface area (Å²) in [5, 5.41) is 8.18. The van der Waals surface area contributed by atoms with Gasteiger partial charge in [-0.15, -0.1) is 0 Å². The number of hydrogen-bond donors (Lipinski definition) is 3. The van der Waals surface area contributed by atoms with Crippen LogP contribution < -0.4 is 16.0 Å². The Morgan fingerprint density at radius 2 is 1.41 bits per heavy atom. The van der Waals surface area contributed by atoms with E-state index < -0.39 is 5.91 Å². The smallest absolute Gasteiger partial charge is 0.274 e. The Kier molecular flexibility index (Phi) is 5.99. The lowest BCUT2D eigenvalue weighted by atomic mass is 10.2. The molecular weight excluding hydrogens is 368 g/mol. The summed E-state index contributed by atoms with van der Waals surface area (Å²) >= 11 is 0. The maximum absolute atomic E-state index is 12.5. The molecule has 146 valence electrons. The number of anilines is 3. The van der Waals surface area contributed by atoms with Crippen molar-refractivity contribution in [2.45, 2.75) is 13.8 Å². The van der Waals surface area contributed by atoms with Crippen LogP contribution in [0.1, 0.15) is 33.3 Å². The van der Waals surface area contributed by atoms with E-state index in [4.69, 9.17) is 0 Å². The van der Waals surface area contributed by atoms with E-state index in [1.165, 1.54) is 25.3 Å². The molecule has 29 heavy (non-hydrogen) atoms. The number of aryl methyl sites for hydroxylation is 1. The molecule has 0 saturated heterocycles. The summed E-state index contributed by atoms with van der Waals surface area (Å²) in [6, 6.07) is 17.1. The van der Waals surface area contributed by atoms with E-state index in [2.05, 4.69) is 20.9 Å². The SMILES string of the molecule is CC(=O)Nc1ccc(NC(=O)c2ccnc(C(=O)Nc3cccc(C)c3)c2)cc1. The average Bonchev–Trinajstić information content (AvgIpc) is 2.69. The van der Waals surface area contributed by atoms with E-state index in [9.17, 15) is 14.4 Å². The van der Waals surface area contributed by atoms with Gasteiger partial charge in [-0.05, 0) is 61.0 Å². The van der Waals surface area contributed by atoms with Crippen molar-refractivity contribution < 1.29 is 14.4 Å². The lowest BCUT2D eigenvalue weighted by Crippen LogP contribution is -2.17. The molecule has 3 aromatic rings. The summed E-state index contributed by atoms with van der Waals surface area (Å²) in [4.78, 5) is 40.1. The lowest BCUT2D eigenvalue weighted by Gasteiger charge is -2.09. The van der Waals surface area contributed by atoms with Gasteiger partial charge in [0.1, 0.15) is 5.69 Å². The van der Waals surface area contributed by atoms with Crippen LogP contribution in [0.25, 0.3) is 0 Å². The third-order valence-corrected chi connectivity index (χ3v) is 3.99. The molecule has 0 atom stereocenters. The predicted molar refractivity (Wildman–Crippen MR) is 112 cm³/mol. The number of rotatable bonds is 5. The highest BCUT2D eigenvalue weighted by Gasteiger charge is 2.13. The van der Waals surface area contributed by atoms with Crippen molar-refractivity contribution >= 4 is 34.8 Å². The van der Waals surface area contributed by atoms with Gasteiger partial charge < -0.3 is 16.0 Å². The van der Waals surface area contributed by atoms with Crippen molar-refractivity contribution in [2.24, 2.45) is 0 Å². The molecule has 7 nitrogen and oxygen atoms in total. The van der Waals surface area contributed by atoms with Crippen LogP contribution in [0.5, 0.6) is 0 Å². The number of nitrogens with one attached hydrogen (secondary N) is 3. The first-order valence-electron chi connectivity index (χ1n) is 8.94. The van der Waals surface area contributed by atoms with Crippen LogP contribution in [-0.2, 0) is 4.79 Å². The Hall–Kier alpha value is -4.00. The summed E-state index contributed by atoms with van der Waals surface area (Å²) in [5.74, 6) is -0.941. The lowest BCUT2D eigenvalue weighted by molar-refractivity contribution is -0.114. The van der Waals surface area contributed by atoms with Crippen molar-refractivity contribution in [1.29, 1.82) is 0 Å². The number of benzene rings is 2. The van der Waals surface area contributed by atoms with Gasteiger partial charge in [0, 0.05) is 35.7 Å². The second-order valence-electron chi connectivity index (χ2n) is 6.47. The summed E-state index contributed by atoms with van der Waals surface area (Å²) in [5.41, 5.74) is 3.32. The minimum absolute atomic E-state index is 0.139. The fourth-order valence-corrected chi connectivity index (χ4v) is 2.66. The molecule has 7 heteroatoms. The van der Waals surface area contributed by atoms with E-state index in [1.54, 1.807) is 30.3 Å². The average molecular weight is 388 g/mol. The van der Waals surface area contributed by atoms with Crippen LogP contribution in [-0.4, -0.2) is 22.7 Å². The molecule has 0 aliphatic carbocycles. The zero-order chi connectivity index (χ0) is 20.8. The van der Waals surface area contributed by atoms with Crippen molar-refractivity contribution in [3.63, 3.8) is 0 Å². The van der Waals surface area contributed by atoms with Crippen LogP contribution in [0.2, 0.25) is 0 Å². The second kappa shape index (κ2) is 8.79. The van der Waals surface area contributed by atoms with Gasteiger partial charge in [-0.25, -0.2) is 0 Å². The zero-order valence-electron chi connectivity index (χ0n) is 16.0. The number of carbonyl (C=O) groups excluding carboxylic acids is 3. The molecule has 0 aliphatic rings. The third kappa shape index (κ3) is 5.49. The molecule has 0 radical (unpaired) electrons.